The minimum atomic E-state index is 0.690. The molecule has 0 spiro atoms. The minimum Gasteiger partial charge on any atom is -0.460 e. The maximum atomic E-state index is 6.43. The molecule has 1 heterocycles. The molecule has 6 aromatic rings. The van der Waals surface area contributed by atoms with Gasteiger partial charge in [0.1, 0.15) is 11.3 Å². The molecule has 46 heavy (non-hydrogen) atoms. The first-order valence-corrected chi connectivity index (χ1v) is 15.6. The molecule has 4 nitrogen and oxygen atoms in total. The van der Waals surface area contributed by atoms with E-state index in [1.807, 2.05) is 42.5 Å². The number of benzene rings is 5. The van der Waals surface area contributed by atoms with Crippen molar-refractivity contribution in [3.8, 4) is 11.1 Å². The lowest BCUT2D eigenvalue weighted by Crippen LogP contribution is -2.21. The van der Waals surface area contributed by atoms with Crippen molar-refractivity contribution in [2.24, 2.45) is 9.98 Å². The van der Waals surface area contributed by atoms with Gasteiger partial charge in [0.15, 0.2) is 0 Å². The summed E-state index contributed by atoms with van der Waals surface area (Å²) in [4.78, 5) is 10.9. The second-order valence-corrected chi connectivity index (χ2v) is 11.5. The van der Waals surface area contributed by atoms with Crippen LogP contribution in [0.15, 0.2) is 160 Å². The Morgan fingerprint density at radius 3 is 2.11 bits per heavy atom. The van der Waals surface area contributed by atoms with Crippen molar-refractivity contribution in [3.05, 3.63) is 162 Å². The fourth-order valence-electron chi connectivity index (χ4n) is 6.37. The number of anilines is 2. The summed E-state index contributed by atoms with van der Waals surface area (Å²) >= 11 is 0. The van der Waals surface area contributed by atoms with Gasteiger partial charge in [-0.25, -0.2) is 0 Å². The van der Waals surface area contributed by atoms with E-state index in [4.69, 9.17) is 4.42 Å². The van der Waals surface area contributed by atoms with Crippen LogP contribution in [0.4, 0.5) is 22.7 Å². The molecule has 0 saturated heterocycles. The molecule has 0 unspecified atom stereocenters. The van der Waals surface area contributed by atoms with Gasteiger partial charge in [-0.15, -0.1) is 0 Å². The maximum Gasteiger partial charge on any atom is 0.134 e. The summed E-state index contributed by atoms with van der Waals surface area (Å²) in [7, 11) is 0. The van der Waals surface area contributed by atoms with E-state index in [2.05, 4.69) is 125 Å². The van der Waals surface area contributed by atoms with Crippen LogP contribution in [0.25, 0.3) is 27.7 Å². The lowest BCUT2D eigenvalue weighted by atomic mass is 9.91. The summed E-state index contributed by atoms with van der Waals surface area (Å²) in [6, 6.07) is 44.0. The molecule has 1 aliphatic rings. The summed E-state index contributed by atoms with van der Waals surface area (Å²) in [5.74, 6) is 0.936. The van der Waals surface area contributed by atoms with Crippen molar-refractivity contribution in [1.82, 2.24) is 0 Å². The average Bonchev–Trinajstić information content (AvgIpc) is 3.49. The van der Waals surface area contributed by atoms with E-state index in [-0.39, 0.29) is 0 Å². The van der Waals surface area contributed by atoms with Gasteiger partial charge in [-0.3, -0.25) is 9.98 Å². The highest BCUT2D eigenvalue weighted by Gasteiger charge is 2.20. The highest BCUT2D eigenvalue weighted by atomic mass is 16.3. The molecular weight excluding hydrogens is 562 g/mol. The summed E-state index contributed by atoms with van der Waals surface area (Å²) in [5, 5.41) is 1.09. The zero-order valence-corrected chi connectivity index (χ0v) is 25.8. The Balaban J connectivity index is 1.13. The summed E-state index contributed by atoms with van der Waals surface area (Å²) in [6.45, 7) is 8.41. The fraction of sp³-hybridized carbons (Fsp3) is 0.0952. The van der Waals surface area contributed by atoms with E-state index < -0.39 is 0 Å². The van der Waals surface area contributed by atoms with Gasteiger partial charge >= 0.3 is 0 Å². The monoisotopic (exact) mass is 597 g/mol. The Morgan fingerprint density at radius 1 is 0.652 bits per heavy atom. The third-order valence-corrected chi connectivity index (χ3v) is 8.71. The topological polar surface area (TPSA) is 41.1 Å². The molecule has 0 atom stereocenters. The van der Waals surface area contributed by atoms with Crippen LogP contribution in [-0.2, 0) is 6.42 Å². The van der Waals surface area contributed by atoms with E-state index in [0.29, 0.717) is 6.42 Å². The standard InChI is InChI=1S/C42H35N3O/c1-43-37-16-8-6-14-35(37)42-36-15-7-11-19-40(36)46-41(42)28-30-20-24-32(25-21-30)33-26-22-31(23-27-33)29-45(34-12-4-3-5-13-34)39-18-10-9-17-38(39)44-2/h3-22,24-26H,1-2,23,27-29H2. The van der Waals surface area contributed by atoms with Gasteiger partial charge in [-0.05, 0) is 79.4 Å². The third-order valence-electron chi connectivity index (χ3n) is 8.71. The van der Waals surface area contributed by atoms with E-state index in [0.717, 1.165) is 70.0 Å². The lowest BCUT2D eigenvalue weighted by Gasteiger charge is -2.28. The first kappa shape index (κ1) is 29.0. The van der Waals surface area contributed by atoms with Gasteiger partial charge in [0.25, 0.3) is 0 Å². The molecule has 0 amide bonds. The predicted octanol–water partition coefficient (Wildman–Crippen LogP) is 11.3. The van der Waals surface area contributed by atoms with Crippen molar-refractivity contribution in [1.29, 1.82) is 0 Å². The van der Waals surface area contributed by atoms with Crippen LogP contribution in [0.3, 0.4) is 0 Å². The second-order valence-electron chi connectivity index (χ2n) is 11.5. The van der Waals surface area contributed by atoms with E-state index >= 15 is 0 Å². The molecule has 4 heteroatoms. The summed E-state index contributed by atoms with van der Waals surface area (Å²) in [5.41, 5.74) is 12.2. The van der Waals surface area contributed by atoms with Crippen molar-refractivity contribution in [2.75, 3.05) is 11.4 Å². The van der Waals surface area contributed by atoms with E-state index in [9.17, 15) is 0 Å². The van der Waals surface area contributed by atoms with Crippen molar-refractivity contribution < 1.29 is 4.42 Å². The van der Waals surface area contributed by atoms with Crippen LogP contribution >= 0.6 is 0 Å². The number of aliphatic imine (C=N–C) groups is 2. The summed E-state index contributed by atoms with van der Waals surface area (Å²) < 4.78 is 6.43. The molecule has 1 aromatic heterocycles. The number of hydrogen-bond donors (Lipinski definition) is 0. The van der Waals surface area contributed by atoms with Crippen LogP contribution in [0, 0.1) is 0 Å². The zero-order valence-electron chi connectivity index (χ0n) is 25.8. The normalized spacial score (nSPS) is 12.8. The summed E-state index contributed by atoms with van der Waals surface area (Å²) in [6.07, 6.45) is 7.26. The van der Waals surface area contributed by atoms with Crippen LogP contribution in [0.2, 0.25) is 0 Å². The van der Waals surface area contributed by atoms with Gasteiger partial charge < -0.3 is 9.32 Å². The van der Waals surface area contributed by atoms with Gasteiger partial charge in [0.05, 0.1) is 17.1 Å². The molecule has 0 bridgehead atoms. The Labute approximate surface area is 270 Å². The van der Waals surface area contributed by atoms with Gasteiger partial charge in [0.2, 0.25) is 0 Å². The Morgan fingerprint density at radius 2 is 1.35 bits per heavy atom. The number of rotatable bonds is 10. The first-order valence-electron chi connectivity index (χ1n) is 15.6. The molecule has 0 saturated carbocycles. The van der Waals surface area contributed by atoms with E-state index in [1.54, 1.807) is 0 Å². The third kappa shape index (κ3) is 5.85. The molecule has 5 aromatic carbocycles. The molecule has 0 N–H and O–H groups in total. The first-order chi connectivity index (χ1) is 22.7. The predicted molar refractivity (Wildman–Crippen MR) is 194 cm³/mol. The molecule has 0 radical (unpaired) electrons. The molecule has 1 aliphatic carbocycles. The van der Waals surface area contributed by atoms with Crippen LogP contribution < -0.4 is 4.90 Å². The Kier molecular flexibility index (Phi) is 8.25. The second kappa shape index (κ2) is 13.1. The highest BCUT2D eigenvalue weighted by molar-refractivity contribution is 5.99. The smallest absolute Gasteiger partial charge is 0.134 e. The van der Waals surface area contributed by atoms with Gasteiger partial charge in [-0.1, -0.05) is 109 Å². The van der Waals surface area contributed by atoms with Crippen molar-refractivity contribution in [2.45, 2.75) is 19.3 Å². The lowest BCUT2D eigenvalue weighted by molar-refractivity contribution is 0.564. The molecule has 224 valence electrons. The van der Waals surface area contributed by atoms with Gasteiger partial charge in [0, 0.05) is 35.2 Å². The van der Waals surface area contributed by atoms with Crippen molar-refractivity contribution >= 4 is 52.7 Å². The molecule has 0 fully saturated rings. The number of hydrogen-bond acceptors (Lipinski definition) is 4. The highest BCUT2D eigenvalue weighted by Crippen LogP contribution is 2.41. The van der Waals surface area contributed by atoms with Crippen LogP contribution in [-0.4, -0.2) is 20.0 Å². The quantitative estimate of drug-likeness (QED) is 0.147. The Bertz CT molecular complexity index is 2080. The van der Waals surface area contributed by atoms with Crippen molar-refractivity contribution in [3.63, 3.8) is 0 Å². The minimum absolute atomic E-state index is 0.690. The van der Waals surface area contributed by atoms with Gasteiger partial charge in [-0.2, -0.15) is 0 Å². The molecular formula is C42H35N3O. The number of furan rings is 1. The number of nitrogens with zero attached hydrogens (tertiary/aromatic N) is 3. The zero-order chi connectivity index (χ0) is 31.3. The average molecular weight is 598 g/mol. The fourth-order valence-corrected chi connectivity index (χ4v) is 6.37. The number of fused-ring (bicyclic) bond motifs is 1. The van der Waals surface area contributed by atoms with Crippen LogP contribution in [0.5, 0.6) is 0 Å². The maximum absolute atomic E-state index is 6.43. The SMILES string of the molecule is C=Nc1ccccc1-c1c(Cc2ccc(C3=CC=C(CN(c4ccccc4)c4ccccc4N=C)CC3)cc2)oc2ccccc12. The Hall–Kier alpha value is -5.74. The number of allylic oxidation sites excluding steroid dienone is 3. The molecule has 0 aliphatic heterocycles. The molecule has 7 rings (SSSR count). The largest absolute Gasteiger partial charge is 0.460 e. The van der Waals surface area contributed by atoms with Crippen LogP contribution in [0.1, 0.15) is 29.7 Å². The van der Waals surface area contributed by atoms with E-state index in [1.165, 1.54) is 22.3 Å². The number of para-hydroxylation sites is 5.